The van der Waals surface area contributed by atoms with Crippen LogP contribution >= 0.6 is 0 Å². The fourth-order valence-corrected chi connectivity index (χ4v) is 1.77. The van der Waals surface area contributed by atoms with Gasteiger partial charge in [0, 0.05) is 11.7 Å². The maximum absolute atomic E-state index is 11.0. The molecule has 0 radical (unpaired) electrons. The third-order valence-corrected chi connectivity index (χ3v) is 3.26. The van der Waals surface area contributed by atoms with Crippen molar-refractivity contribution in [1.29, 1.82) is 0 Å². The van der Waals surface area contributed by atoms with Crippen molar-refractivity contribution >= 4 is 5.97 Å². The molecular formula is C12H19N3O2. The summed E-state index contributed by atoms with van der Waals surface area (Å²) in [5, 5.41) is 4.21. The van der Waals surface area contributed by atoms with E-state index in [-0.39, 0.29) is 11.5 Å². The van der Waals surface area contributed by atoms with Crippen molar-refractivity contribution in [2.45, 2.75) is 44.2 Å². The molecule has 94 valence electrons. The van der Waals surface area contributed by atoms with Gasteiger partial charge in [-0.25, -0.2) is 0 Å². The van der Waals surface area contributed by atoms with Gasteiger partial charge >= 0.3 is 5.97 Å². The van der Waals surface area contributed by atoms with E-state index in [9.17, 15) is 4.79 Å². The van der Waals surface area contributed by atoms with Crippen LogP contribution in [0.3, 0.4) is 0 Å². The predicted octanol–water partition coefficient (Wildman–Crippen LogP) is 0.870. The number of hydrogen-bond acceptors (Lipinski definition) is 4. The van der Waals surface area contributed by atoms with Gasteiger partial charge in [0.1, 0.15) is 0 Å². The quantitative estimate of drug-likeness (QED) is 0.745. The molecular weight excluding hydrogens is 218 g/mol. The molecule has 0 saturated heterocycles. The summed E-state index contributed by atoms with van der Waals surface area (Å²) in [5.41, 5.74) is 7.31. The van der Waals surface area contributed by atoms with Crippen LogP contribution in [0.1, 0.15) is 31.2 Å². The van der Waals surface area contributed by atoms with Crippen molar-refractivity contribution in [2.75, 3.05) is 7.11 Å². The van der Waals surface area contributed by atoms with E-state index < -0.39 is 0 Å². The van der Waals surface area contributed by atoms with Gasteiger partial charge in [-0.15, -0.1) is 0 Å². The lowest BCUT2D eigenvalue weighted by molar-refractivity contribution is -0.140. The second-order valence-electron chi connectivity index (χ2n) is 4.80. The lowest BCUT2D eigenvalue weighted by atomic mass is 10.1. The molecule has 2 rings (SSSR count). The number of carbonyl (C=O) groups excluding carboxylic acids is 1. The molecule has 2 N–H and O–H groups in total. The van der Waals surface area contributed by atoms with Crippen LogP contribution in [0.25, 0.3) is 0 Å². The number of aryl methyl sites for hydroxylation is 2. The largest absolute Gasteiger partial charge is 0.469 e. The summed E-state index contributed by atoms with van der Waals surface area (Å²) in [5.74, 6) is -0.207. The number of rotatable bonds is 6. The molecule has 1 saturated carbocycles. The standard InChI is InChI=1S/C12H19N3O2/c1-17-11(16)3-7-15-9-10(8-14-15)2-4-12(13)5-6-12/h8-9H,2-7,13H2,1H3. The van der Waals surface area contributed by atoms with Crippen LogP contribution in [0.4, 0.5) is 0 Å². The minimum absolute atomic E-state index is 0.0914. The highest BCUT2D eigenvalue weighted by atomic mass is 16.5. The van der Waals surface area contributed by atoms with E-state index >= 15 is 0 Å². The van der Waals surface area contributed by atoms with Crippen molar-refractivity contribution in [2.24, 2.45) is 5.73 Å². The predicted molar refractivity (Wildman–Crippen MR) is 63.3 cm³/mol. The molecule has 0 unspecified atom stereocenters. The maximum atomic E-state index is 11.0. The molecule has 1 aromatic heterocycles. The number of hydrogen-bond donors (Lipinski definition) is 1. The highest BCUT2D eigenvalue weighted by Crippen LogP contribution is 2.36. The Morgan fingerprint density at radius 2 is 2.41 bits per heavy atom. The SMILES string of the molecule is COC(=O)CCn1cc(CCC2(N)CC2)cn1. The van der Waals surface area contributed by atoms with Crippen LogP contribution < -0.4 is 5.73 Å². The Balaban J connectivity index is 1.77. The van der Waals surface area contributed by atoms with Crippen molar-refractivity contribution in [3.05, 3.63) is 18.0 Å². The number of esters is 1. The number of nitrogens with zero attached hydrogens (tertiary/aromatic N) is 2. The van der Waals surface area contributed by atoms with Gasteiger partial charge in [-0.3, -0.25) is 9.48 Å². The fraction of sp³-hybridized carbons (Fsp3) is 0.667. The van der Waals surface area contributed by atoms with Crippen LogP contribution in [-0.4, -0.2) is 28.4 Å². The lowest BCUT2D eigenvalue weighted by Gasteiger charge is -2.05. The van der Waals surface area contributed by atoms with Crippen LogP contribution in [0.15, 0.2) is 12.4 Å². The lowest BCUT2D eigenvalue weighted by Crippen LogP contribution is -2.21. The average Bonchev–Trinajstić information content (AvgIpc) is 2.90. The van der Waals surface area contributed by atoms with E-state index in [1.165, 1.54) is 12.7 Å². The molecule has 1 aliphatic rings. The molecule has 0 bridgehead atoms. The first-order chi connectivity index (χ1) is 8.11. The van der Waals surface area contributed by atoms with Gasteiger partial charge in [0.2, 0.25) is 0 Å². The van der Waals surface area contributed by atoms with Crippen molar-refractivity contribution in [1.82, 2.24) is 9.78 Å². The first kappa shape index (κ1) is 12.1. The van der Waals surface area contributed by atoms with Gasteiger partial charge in [-0.05, 0) is 31.2 Å². The summed E-state index contributed by atoms with van der Waals surface area (Å²) in [4.78, 5) is 11.0. The molecule has 0 aromatic carbocycles. The van der Waals surface area contributed by atoms with Crippen molar-refractivity contribution < 1.29 is 9.53 Å². The summed E-state index contributed by atoms with van der Waals surface area (Å²) >= 11 is 0. The number of carbonyl (C=O) groups is 1. The van der Waals surface area contributed by atoms with Crippen molar-refractivity contribution in [3.8, 4) is 0 Å². The number of aromatic nitrogens is 2. The number of nitrogens with two attached hydrogens (primary N) is 1. The van der Waals surface area contributed by atoms with E-state index in [1.807, 2.05) is 12.4 Å². The topological polar surface area (TPSA) is 70.1 Å². The van der Waals surface area contributed by atoms with Gasteiger partial charge < -0.3 is 10.5 Å². The number of methoxy groups -OCH3 is 1. The minimum Gasteiger partial charge on any atom is -0.469 e. The van der Waals surface area contributed by atoms with Crippen LogP contribution in [0.5, 0.6) is 0 Å². The normalized spacial score (nSPS) is 16.8. The monoisotopic (exact) mass is 237 g/mol. The van der Waals surface area contributed by atoms with Gasteiger partial charge in [-0.2, -0.15) is 5.10 Å². The summed E-state index contributed by atoms with van der Waals surface area (Å²) in [6.45, 7) is 0.570. The summed E-state index contributed by atoms with van der Waals surface area (Å²) in [7, 11) is 1.40. The minimum atomic E-state index is -0.207. The maximum Gasteiger partial charge on any atom is 0.307 e. The highest BCUT2D eigenvalue weighted by Gasteiger charge is 2.37. The smallest absolute Gasteiger partial charge is 0.307 e. The zero-order valence-corrected chi connectivity index (χ0v) is 10.2. The van der Waals surface area contributed by atoms with Crippen molar-refractivity contribution in [3.63, 3.8) is 0 Å². The van der Waals surface area contributed by atoms with E-state index in [0.717, 1.165) is 25.7 Å². The second-order valence-corrected chi connectivity index (χ2v) is 4.80. The molecule has 1 aromatic rings. The van der Waals surface area contributed by atoms with Crippen LogP contribution in [-0.2, 0) is 22.5 Å². The first-order valence-electron chi connectivity index (χ1n) is 5.98. The zero-order chi connectivity index (χ0) is 12.3. The highest BCUT2D eigenvalue weighted by molar-refractivity contribution is 5.68. The molecule has 1 heterocycles. The second kappa shape index (κ2) is 4.87. The van der Waals surface area contributed by atoms with Gasteiger partial charge in [0.15, 0.2) is 0 Å². The fourth-order valence-electron chi connectivity index (χ4n) is 1.77. The summed E-state index contributed by atoms with van der Waals surface area (Å²) in [6.07, 6.45) is 8.47. The molecule has 1 fully saturated rings. The van der Waals surface area contributed by atoms with E-state index in [1.54, 1.807) is 4.68 Å². The third-order valence-electron chi connectivity index (χ3n) is 3.26. The van der Waals surface area contributed by atoms with Gasteiger partial charge in [-0.1, -0.05) is 0 Å². The van der Waals surface area contributed by atoms with E-state index in [0.29, 0.717) is 13.0 Å². The number of ether oxygens (including phenoxy) is 1. The third kappa shape index (κ3) is 3.56. The molecule has 0 aliphatic heterocycles. The summed E-state index contributed by atoms with van der Waals surface area (Å²) in [6, 6.07) is 0. The van der Waals surface area contributed by atoms with Crippen LogP contribution in [0, 0.1) is 0 Å². The van der Waals surface area contributed by atoms with E-state index in [2.05, 4.69) is 9.84 Å². The Kier molecular flexibility index (Phi) is 3.47. The first-order valence-corrected chi connectivity index (χ1v) is 5.98. The average molecular weight is 237 g/mol. The Labute approximate surface area is 101 Å². The zero-order valence-electron chi connectivity index (χ0n) is 10.2. The molecule has 0 amide bonds. The Hall–Kier alpha value is -1.36. The molecule has 0 atom stereocenters. The molecule has 1 aliphatic carbocycles. The van der Waals surface area contributed by atoms with Crippen LogP contribution in [0.2, 0.25) is 0 Å². The van der Waals surface area contributed by atoms with E-state index in [4.69, 9.17) is 5.73 Å². The molecule has 17 heavy (non-hydrogen) atoms. The Morgan fingerprint density at radius 1 is 1.65 bits per heavy atom. The molecule has 5 nitrogen and oxygen atoms in total. The molecule has 5 heteroatoms. The van der Waals surface area contributed by atoms with Gasteiger partial charge in [0.05, 0.1) is 26.3 Å². The van der Waals surface area contributed by atoms with Gasteiger partial charge in [0.25, 0.3) is 0 Å². The molecule has 0 spiro atoms. The summed E-state index contributed by atoms with van der Waals surface area (Å²) < 4.78 is 6.36. The Morgan fingerprint density at radius 3 is 3.06 bits per heavy atom. The Bertz CT molecular complexity index is 396.